The fraction of sp³-hybridized carbons (Fsp3) is 0.222. The van der Waals surface area contributed by atoms with Crippen molar-refractivity contribution in [1.82, 2.24) is 9.80 Å². The standard InChI is InChI=1S/C18H17ClN4O/c19-13-5-6-16-17(11-13)21-18(14-3-1-2-4-15(14)20-16)23-9-7-22(12-24)8-10-23/h1-6,11-12,20H,7-10H2. The van der Waals surface area contributed by atoms with Crippen molar-refractivity contribution in [3.63, 3.8) is 0 Å². The van der Waals surface area contributed by atoms with Crippen LogP contribution in [-0.2, 0) is 4.79 Å². The summed E-state index contributed by atoms with van der Waals surface area (Å²) in [5.41, 5.74) is 3.85. The summed E-state index contributed by atoms with van der Waals surface area (Å²) in [7, 11) is 0. The van der Waals surface area contributed by atoms with Gasteiger partial charge in [0.25, 0.3) is 0 Å². The summed E-state index contributed by atoms with van der Waals surface area (Å²) < 4.78 is 0. The first-order chi connectivity index (χ1) is 11.7. The van der Waals surface area contributed by atoms with E-state index < -0.39 is 0 Å². The van der Waals surface area contributed by atoms with Crippen molar-refractivity contribution in [2.24, 2.45) is 4.99 Å². The highest BCUT2D eigenvalue weighted by Crippen LogP contribution is 2.36. The van der Waals surface area contributed by atoms with Gasteiger partial charge in [-0.1, -0.05) is 23.7 Å². The topological polar surface area (TPSA) is 47.9 Å². The van der Waals surface area contributed by atoms with Gasteiger partial charge >= 0.3 is 0 Å². The Bertz CT molecular complexity index is 812. The minimum Gasteiger partial charge on any atom is -0.353 e. The molecule has 0 aromatic heterocycles. The molecule has 2 aliphatic heterocycles. The van der Waals surface area contributed by atoms with E-state index >= 15 is 0 Å². The van der Waals surface area contributed by atoms with Crippen molar-refractivity contribution < 1.29 is 4.79 Å². The molecule has 0 atom stereocenters. The van der Waals surface area contributed by atoms with Gasteiger partial charge < -0.3 is 15.1 Å². The van der Waals surface area contributed by atoms with E-state index in [9.17, 15) is 4.79 Å². The zero-order chi connectivity index (χ0) is 16.5. The maximum atomic E-state index is 10.9. The molecule has 0 spiro atoms. The van der Waals surface area contributed by atoms with Crippen LogP contribution in [0.3, 0.4) is 0 Å². The minimum atomic E-state index is 0.662. The van der Waals surface area contributed by atoms with Gasteiger partial charge in [-0.05, 0) is 30.3 Å². The molecular formula is C18H17ClN4O. The lowest BCUT2D eigenvalue weighted by Gasteiger charge is -2.34. The molecule has 1 amide bonds. The molecule has 2 aromatic carbocycles. The average Bonchev–Trinajstić information content (AvgIpc) is 2.78. The minimum absolute atomic E-state index is 0.662. The van der Waals surface area contributed by atoms with Gasteiger partial charge in [0.2, 0.25) is 6.41 Å². The molecule has 0 bridgehead atoms. The number of rotatable bonds is 1. The van der Waals surface area contributed by atoms with Crippen LogP contribution < -0.4 is 5.32 Å². The number of hydrogen-bond donors (Lipinski definition) is 1. The van der Waals surface area contributed by atoms with Gasteiger partial charge in [-0.15, -0.1) is 0 Å². The molecule has 122 valence electrons. The predicted molar refractivity (Wildman–Crippen MR) is 96.6 cm³/mol. The number of amidine groups is 1. The maximum absolute atomic E-state index is 10.9. The van der Waals surface area contributed by atoms with E-state index in [0.29, 0.717) is 18.1 Å². The van der Waals surface area contributed by atoms with Crippen molar-refractivity contribution in [2.75, 3.05) is 31.5 Å². The van der Waals surface area contributed by atoms with Gasteiger partial charge in [0.15, 0.2) is 0 Å². The fourth-order valence-corrected chi connectivity index (χ4v) is 3.26. The molecular weight excluding hydrogens is 324 g/mol. The van der Waals surface area contributed by atoms with Crippen molar-refractivity contribution in [3.8, 4) is 0 Å². The van der Waals surface area contributed by atoms with Crippen LogP contribution in [0.15, 0.2) is 47.5 Å². The Morgan fingerprint density at radius 1 is 1.04 bits per heavy atom. The number of hydrogen-bond acceptors (Lipinski definition) is 4. The molecule has 0 saturated carbocycles. The predicted octanol–water partition coefficient (Wildman–Crippen LogP) is 3.25. The zero-order valence-electron chi connectivity index (χ0n) is 13.1. The number of piperazine rings is 1. The van der Waals surface area contributed by atoms with Crippen LogP contribution in [0.1, 0.15) is 5.56 Å². The number of benzene rings is 2. The molecule has 0 aliphatic carbocycles. The lowest BCUT2D eigenvalue weighted by Crippen LogP contribution is -2.48. The van der Waals surface area contributed by atoms with E-state index in [1.54, 1.807) is 4.90 Å². The Balaban J connectivity index is 1.79. The summed E-state index contributed by atoms with van der Waals surface area (Å²) in [5, 5.41) is 4.12. The highest BCUT2D eigenvalue weighted by atomic mass is 35.5. The van der Waals surface area contributed by atoms with E-state index in [-0.39, 0.29) is 0 Å². The highest BCUT2D eigenvalue weighted by Gasteiger charge is 2.24. The normalized spacial score (nSPS) is 16.5. The molecule has 4 rings (SSSR count). The van der Waals surface area contributed by atoms with Crippen LogP contribution in [0, 0.1) is 0 Å². The second-order valence-corrected chi connectivity index (χ2v) is 6.33. The first-order valence-corrected chi connectivity index (χ1v) is 8.31. The Kier molecular flexibility index (Phi) is 3.86. The highest BCUT2D eigenvalue weighted by molar-refractivity contribution is 6.31. The Labute approximate surface area is 145 Å². The van der Waals surface area contributed by atoms with Crippen molar-refractivity contribution in [3.05, 3.63) is 53.1 Å². The molecule has 1 N–H and O–H groups in total. The number of carbonyl (C=O) groups excluding carboxylic acids is 1. The van der Waals surface area contributed by atoms with Crippen molar-refractivity contribution >= 4 is 40.9 Å². The smallest absolute Gasteiger partial charge is 0.209 e. The first-order valence-electron chi connectivity index (χ1n) is 7.93. The Morgan fingerprint density at radius 2 is 1.83 bits per heavy atom. The van der Waals surface area contributed by atoms with Crippen molar-refractivity contribution in [2.45, 2.75) is 0 Å². The third-order valence-electron chi connectivity index (χ3n) is 4.39. The SMILES string of the molecule is O=CN1CCN(C2=Nc3cc(Cl)ccc3Nc3ccccc32)CC1. The number of nitrogens with zero attached hydrogens (tertiary/aromatic N) is 3. The Hall–Kier alpha value is -2.53. The third-order valence-corrected chi connectivity index (χ3v) is 4.62. The molecule has 6 heteroatoms. The second-order valence-electron chi connectivity index (χ2n) is 5.90. The van der Waals surface area contributed by atoms with Crippen LogP contribution in [0.5, 0.6) is 0 Å². The first kappa shape index (κ1) is 15.0. The van der Waals surface area contributed by atoms with Crippen molar-refractivity contribution in [1.29, 1.82) is 0 Å². The summed E-state index contributed by atoms with van der Waals surface area (Å²) in [6, 6.07) is 13.8. The number of anilines is 2. The maximum Gasteiger partial charge on any atom is 0.209 e. The molecule has 2 heterocycles. The van der Waals surface area contributed by atoms with Gasteiger partial charge in [-0.2, -0.15) is 0 Å². The van der Waals surface area contributed by atoms with E-state index in [2.05, 4.69) is 22.3 Å². The number of amides is 1. The molecule has 2 aliphatic rings. The zero-order valence-corrected chi connectivity index (χ0v) is 13.8. The average molecular weight is 341 g/mol. The second kappa shape index (κ2) is 6.17. The molecule has 5 nitrogen and oxygen atoms in total. The van der Waals surface area contributed by atoms with Gasteiger partial charge in [0.1, 0.15) is 5.84 Å². The molecule has 2 aromatic rings. The summed E-state index contributed by atoms with van der Waals surface area (Å²) in [6.45, 7) is 2.95. The quantitative estimate of drug-likeness (QED) is 0.811. The molecule has 0 unspecified atom stereocenters. The number of aliphatic imine (C=N–C) groups is 1. The summed E-state index contributed by atoms with van der Waals surface area (Å²) in [5.74, 6) is 0.921. The molecule has 1 saturated heterocycles. The fourth-order valence-electron chi connectivity index (χ4n) is 3.09. The lowest BCUT2D eigenvalue weighted by atomic mass is 10.1. The van der Waals surface area contributed by atoms with Crippen LogP contribution in [0.4, 0.5) is 17.1 Å². The van der Waals surface area contributed by atoms with Gasteiger partial charge in [0, 0.05) is 42.5 Å². The van der Waals surface area contributed by atoms with Crippen LogP contribution >= 0.6 is 11.6 Å². The van der Waals surface area contributed by atoms with Crippen LogP contribution in [0.25, 0.3) is 0 Å². The van der Waals surface area contributed by atoms with Crippen LogP contribution in [-0.4, -0.2) is 48.2 Å². The molecule has 1 fully saturated rings. The monoisotopic (exact) mass is 340 g/mol. The Morgan fingerprint density at radius 3 is 2.62 bits per heavy atom. The summed E-state index contributed by atoms with van der Waals surface area (Å²) in [6.07, 6.45) is 0.914. The number of carbonyl (C=O) groups is 1. The number of para-hydroxylation sites is 1. The van der Waals surface area contributed by atoms with E-state index in [0.717, 1.165) is 48.0 Å². The van der Waals surface area contributed by atoms with E-state index in [4.69, 9.17) is 16.6 Å². The lowest BCUT2D eigenvalue weighted by molar-refractivity contribution is -0.119. The van der Waals surface area contributed by atoms with Crippen LogP contribution in [0.2, 0.25) is 5.02 Å². The molecule has 0 radical (unpaired) electrons. The number of halogens is 1. The largest absolute Gasteiger partial charge is 0.353 e. The van der Waals surface area contributed by atoms with Gasteiger partial charge in [0.05, 0.1) is 11.4 Å². The number of fused-ring (bicyclic) bond motifs is 2. The van der Waals surface area contributed by atoms with E-state index in [1.165, 1.54) is 0 Å². The van der Waals surface area contributed by atoms with E-state index in [1.807, 2.05) is 30.3 Å². The summed E-state index contributed by atoms with van der Waals surface area (Å²) in [4.78, 5) is 19.9. The number of nitrogens with one attached hydrogen (secondary N) is 1. The van der Waals surface area contributed by atoms with Gasteiger partial charge in [-0.25, -0.2) is 4.99 Å². The molecule has 24 heavy (non-hydrogen) atoms. The van der Waals surface area contributed by atoms with Gasteiger partial charge in [-0.3, -0.25) is 4.79 Å². The summed E-state index contributed by atoms with van der Waals surface area (Å²) >= 11 is 6.16. The third kappa shape index (κ3) is 2.71.